The number of phenols is 1. The molecule has 0 fully saturated rings. The third kappa shape index (κ3) is 6.70. The largest absolute Gasteiger partial charge is 0.507 e. The molecule has 0 unspecified atom stereocenters. The number of aromatic carboxylic acids is 1. The van der Waals surface area contributed by atoms with Gasteiger partial charge >= 0.3 is 5.97 Å². The molecular formula is C24H29FO6. The van der Waals surface area contributed by atoms with Gasteiger partial charge in [0.2, 0.25) is 0 Å². The summed E-state index contributed by atoms with van der Waals surface area (Å²) in [6.45, 7) is 9.80. The van der Waals surface area contributed by atoms with Gasteiger partial charge in [0.25, 0.3) is 0 Å². The Bertz CT molecular complexity index is 961. The van der Waals surface area contributed by atoms with Crippen LogP contribution in [0.1, 0.15) is 60.4 Å². The zero-order valence-electron chi connectivity index (χ0n) is 18.5. The van der Waals surface area contributed by atoms with Crippen molar-refractivity contribution in [1.29, 1.82) is 0 Å². The first-order valence-corrected chi connectivity index (χ1v) is 10.0. The molecule has 0 saturated carbocycles. The lowest BCUT2D eigenvalue weighted by Crippen LogP contribution is -2.18. The number of ether oxygens (including phenoxy) is 2. The highest BCUT2D eigenvalue weighted by molar-refractivity contribution is 5.99. The molecule has 0 aliphatic heterocycles. The predicted octanol–water partition coefficient (Wildman–Crippen LogP) is 5.25. The number of hydrogen-bond donors (Lipinski definition) is 2. The van der Waals surface area contributed by atoms with Gasteiger partial charge in [-0.1, -0.05) is 27.7 Å². The summed E-state index contributed by atoms with van der Waals surface area (Å²) in [4.78, 5) is 23.3. The first-order chi connectivity index (χ1) is 14.4. The van der Waals surface area contributed by atoms with E-state index in [1.54, 1.807) is 19.1 Å². The van der Waals surface area contributed by atoms with Gasteiger partial charge in [0.15, 0.2) is 17.3 Å². The monoisotopic (exact) mass is 432 g/mol. The molecule has 2 aromatic rings. The Kier molecular flexibility index (Phi) is 7.65. The van der Waals surface area contributed by atoms with Crippen LogP contribution in [-0.2, 0) is 0 Å². The van der Waals surface area contributed by atoms with E-state index in [2.05, 4.69) is 0 Å². The Hall–Kier alpha value is -3.09. The smallest absolute Gasteiger partial charge is 0.335 e. The second kappa shape index (κ2) is 9.81. The number of benzene rings is 2. The fraction of sp³-hybridized carbons (Fsp3) is 0.417. The fourth-order valence-electron chi connectivity index (χ4n) is 2.90. The highest BCUT2D eigenvalue weighted by Gasteiger charge is 2.22. The van der Waals surface area contributed by atoms with Crippen LogP contribution in [0.25, 0.3) is 0 Å². The Morgan fingerprint density at radius 1 is 1.06 bits per heavy atom. The van der Waals surface area contributed by atoms with E-state index in [0.717, 1.165) is 6.07 Å². The molecule has 0 aliphatic carbocycles. The number of carbonyl (C=O) groups excluding carboxylic acids is 1. The molecule has 2 N–H and O–H groups in total. The Labute approximate surface area is 181 Å². The minimum absolute atomic E-state index is 0.0348. The molecule has 7 heteroatoms. The fourth-order valence-corrected chi connectivity index (χ4v) is 2.90. The van der Waals surface area contributed by atoms with E-state index in [1.807, 2.05) is 27.7 Å². The number of Topliss-reactive ketones (excluding diaryl/α,β-unsaturated/α-hetero) is 1. The van der Waals surface area contributed by atoms with Gasteiger partial charge < -0.3 is 19.7 Å². The van der Waals surface area contributed by atoms with Crippen molar-refractivity contribution < 1.29 is 33.7 Å². The summed E-state index contributed by atoms with van der Waals surface area (Å²) in [6.07, 6.45) is 0.318. The van der Waals surface area contributed by atoms with Crippen LogP contribution in [-0.4, -0.2) is 35.2 Å². The molecule has 0 heterocycles. The van der Waals surface area contributed by atoms with Crippen molar-refractivity contribution in [3.05, 3.63) is 52.8 Å². The third-order valence-electron chi connectivity index (χ3n) is 4.60. The number of carboxylic acids is 1. The molecule has 168 valence electrons. The molecular weight excluding hydrogens is 403 g/mol. The first-order valence-electron chi connectivity index (χ1n) is 10.0. The lowest BCUT2D eigenvalue weighted by molar-refractivity contribution is 0.0695. The number of carboxylic acid groups (broad SMARTS) is 1. The molecule has 0 spiro atoms. The van der Waals surface area contributed by atoms with Crippen molar-refractivity contribution in [2.45, 2.75) is 41.0 Å². The molecule has 31 heavy (non-hydrogen) atoms. The molecule has 1 atom stereocenters. The number of halogens is 1. The van der Waals surface area contributed by atoms with Crippen molar-refractivity contribution in [1.82, 2.24) is 0 Å². The zero-order valence-corrected chi connectivity index (χ0v) is 18.5. The van der Waals surface area contributed by atoms with Gasteiger partial charge in [-0.3, -0.25) is 4.79 Å². The maximum atomic E-state index is 13.9. The van der Waals surface area contributed by atoms with Crippen LogP contribution >= 0.6 is 0 Å². The summed E-state index contributed by atoms with van der Waals surface area (Å²) in [6, 6.07) is 6.68. The van der Waals surface area contributed by atoms with Gasteiger partial charge in [-0.15, -0.1) is 0 Å². The van der Waals surface area contributed by atoms with Crippen LogP contribution in [0, 0.1) is 24.1 Å². The topological polar surface area (TPSA) is 93.1 Å². The molecule has 0 amide bonds. The van der Waals surface area contributed by atoms with E-state index in [9.17, 15) is 19.1 Å². The van der Waals surface area contributed by atoms with Crippen molar-refractivity contribution in [3.63, 3.8) is 0 Å². The summed E-state index contributed by atoms with van der Waals surface area (Å²) in [7, 11) is 0. The second-order valence-electron chi connectivity index (χ2n) is 8.92. The Balaban J connectivity index is 1.96. The first kappa shape index (κ1) is 24.2. The van der Waals surface area contributed by atoms with Gasteiger partial charge in [0.05, 0.1) is 24.3 Å². The molecule has 0 bridgehead atoms. The minimum Gasteiger partial charge on any atom is -0.507 e. The number of aromatic hydroxyl groups is 1. The van der Waals surface area contributed by atoms with E-state index >= 15 is 0 Å². The van der Waals surface area contributed by atoms with Crippen LogP contribution in [0.2, 0.25) is 0 Å². The number of hydrogen-bond acceptors (Lipinski definition) is 5. The normalized spacial score (nSPS) is 12.3. The SMILES string of the molecule is Cc1c(OC[C@@H](C)COc2ccc(C(=O)O)cc2F)ccc(C(=O)CC(C)(C)C)c1O. The maximum Gasteiger partial charge on any atom is 0.335 e. The summed E-state index contributed by atoms with van der Waals surface area (Å²) in [5.41, 5.74) is 0.413. The van der Waals surface area contributed by atoms with Crippen LogP contribution < -0.4 is 9.47 Å². The van der Waals surface area contributed by atoms with E-state index in [1.165, 1.54) is 12.1 Å². The highest BCUT2D eigenvalue weighted by atomic mass is 19.1. The zero-order chi connectivity index (χ0) is 23.3. The van der Waals surface area contributed by atoms with Crippen LogP contribution in [0.15, 0.2) is 30.3 Å². The average molecular weight is 432 g/mol. The van der Waals surface area contributed by atoms with Gasteiger partial charge in [-0.25, -0.2) is 9.18 Å². The summed E-state index contributed by atoms with van der Waals surface area (Å²) >= 11 is 0. The van der Waals surface area contributed by atoms with Crippen LogP contribution in [0.5, 0.6) is 17.2 Å². The highest BCUT2D eigenvalue weighted by Crippen LogP contribution is 2.33. The van der Waals surface area contributed by atoms with Gasteiger partial charge in [-0.05, 0) is 42.7 Å². The molecule has 2 aromatic carbocycles. The third-order valence-corrected chi connectivity index (χ3v) is 4.60. The average Bonchev–Trinajstić information content (AvgIpc) is 2.66. The van der Waals surface area contributed by atoms with Crippen molar-refractivity contribution in [3.8, 4) is 17.2 Å². The molecule has 0 radical (unpaired) electrons. The second-order valence-corrected chi connectivity index (χ2v) is 8.92. The molecule has 0 aliphatic rings. The van der Waals surface area contributed by atoms with E-state index in [-0.39, 0.29) is 53.0 Å². The van der Waals surface area contributed by atoms with E-state index in [0.29, 0.717) is 17.7 Å². The standard InChI is InChI=1S/C24H29FO6/c1-14(13-31-21-8-6-16(23(28)29)10-18(21)25)12-30-20-9-7-17(22(27)15(20)2)19(26)11-24(3,4)5/h6-10,14,27H,11-13H2,1-5H3,(H,28,29)/t14-/m1/s1. The van der Waals surface area contributed by atoms with Gasteiger partial charge in [-0.2, -0.15) is 0 Å². The summed E-state index contributed by atoms with van der Waals surface area (Å²) in [5.74, 6) is -1.88. The molecule has 6 nitrogen and oxygen atoms in total. The predicted molar refractivity (Wildman–Crippen MR) is 115 cm³/mol. The number of ketones is 1. The van der Waals surface area contributed by atoms with Gasteiger partial charge in [0.1, 0.15) is 11.5 Å². The summed E-state index contributed by atoms with van der Waals surface area (Å²) < 4.78 is 25.1. The van der Waals surface area contributed by atoms with E-state index < -0.39 is 11.8 Å². The number of carbonyl (C=O) groups is 2. The molecule has 2 rings (SSSR count). The summed E-state index contributed by atoms with van der Waals surface area (Å²) in [5, 5.41) is 19.3. The van der Waals surface area contributed by atoms with Crippen molar-refractivity contribution in [2.75, 3.05) is 13.2 Å². The lowest BCUT2D eigenvalue weighted by Gasteiger charge is -2.19. The van der Waals surface area contributed by atoms with E-state index in [4.69, 9.17) is 14.6 Å². The van der Waals surface area contributed by atoms with Crippen LogP contribution in [0.4, 0.5) is 4.39 Å². The Morgan fingerprint density at radius 2 is 1.65 bits per heavy atom. The maximum absolute atomic E-state index is 13.9. The lowest BCUT2D eigenvalue weighted by atomic mass is 9.87. The van der Waals surface area contributed by atoms with Gasteiger partial charge in [0, 0.05) is 17.9 Å². The number of phenolic OH excluding ortho intramolecular Hbond substituents is 1. The molecule has 0 saturated heterocycles. The number of rotatable bonds is 9. The minimum atomic E-state index is -1.21. The Morgan fingerprint density at radius 3 is 2.19 bits per heavy atom. The molecule has 0 aromatic heterocycles. The quantitative estimate of drug-likeness (QED) is 0.526. The van der Waals surface area contributed by atoms with Crippen LogP contribution in [0.3, 0.4) is 0 Å². The van der Waals surface area contributed by atoms with Crippen molar-refractivity contribution in [2.24, 2.45) is 11.3 Å². The van der Waals surface area contributed by atoms with Crippen molar-refractivity contribution >= 4 is 11.8 Å².